The number of anilines is 1. The van der Waals surface area contributed by atoms with Gasteiger partial charge in [0.05, 0.1) is 25.8 Å². The number of nitrogens with zero attached hydrogens (tertiary/aromatic N) is 2. The van der Waals surface area contributed by atoms with Crippen molar-refractivity contribution in [3.8, 4) is 11.5 Å². The maximum absolute atomic E-state index is 13.1. The zero-order valence-corrected chi connectivity index (χ0v) is 17.0. The van der Waals surface area contributed by atoms with E-state index in [4.69, 9.17) is 9.47 Å². The van der Waals surface area contributed by atoms with Gasteiger partial charge in [0, 0.05) is 29.7 Å². The van der Waals surface area contributed by atoms with Crippen LogP contribution in [0.3, 0.4) is 0 Å². The van der Waals surface area contributed by atoms with Crippen molar-refractivity contribution in [1.29, 1.82) is 0 Å². The van der Waals surface area contributed by atoms with Crippen molar-refractivity contribution in [3.05, 3.63) is 89.8 Å². The van der Waals surface area contributed by atoms with Crippen LogP contribution in [0.15, 0.2) is 78.6 Å². The van der Waals surface area contributed by atoms with E-state index in [9.17, 15) is 14.7 Å². The van der Waals surface area contributed by atoms with E-state index in [0.717, 1.165) is 0 Å². The molecule has 1 unspecified atom stereocenters. The summed E-state index contributed by atoms with van der Waals surface area (Å²) in [6.07, 6.45) is 3.15. The largest absolute Gasteiger partial charge is 0.507 e. The lowest BCUT2D eigenvalue weighted by Crippen LogP contribution is -2.29. The first-order chi connectivity index (χ1) is 15.0. The average Bonchev–Trinajstić information content (AvgIpc) is 3.09. The van der Waals surface area contributed by atoms with Gasteiger partial charge in [0.1, 0.15) is 17.3 Å². The molecule has 2 aromatic carbocycles. The number of ketones is 1. The number of aliphatic hydroxyl groups excluding tert-OH is 1. The van der Waals surface area contributed by atoms with Gasteiger partial charge in [-0.3, -0.25) is 19.5 Å². The molecule has 0 aliphatic carbocycles. The molecular formula is C24H20N2O5. The quantitative estimate of drug-likeness (QED) is 0.387. The number of hydrogen-bond acceptors (Lipinski definition) is 6. The van der Waals surface area contributed by atoms with Crippen molar-refractivity contribution in [2.24, 2.45) is 0 Å². The molecule has 7 heteroatoms. The predicted octanol–water partition coefficient (Wildman–Crippen LogP) is 3.73. The van der Waals surface area contributed by atoms with Gasteiger partial charge in [0.15, 0.2) is 0 Å². The van der Waals surface area contributed by atoms with E-state index >= 15 is 0 Å². The van der Waals surface area contributed by atoms with Gasteiger partial charge in [-0.25, -0.2) is 0 Å². The highest BCUT2D eigenvalue weighted by atomic mass is 16.5. The highest BCUT2D eigenvalue weighted by Gasteiger charge is 2.47. The zero-order valence-electron chi connectivity index (χ0n) is 17.0. The van der Waals surface area contributed by atoms with Crippen LogP contribution in [0.25, 0.3) is 5.76 Å². The first-order valence-electron chi connectivity index (χ1n) is 9.54. The number of Topliss-reactive ketones (excluding diaryl/α,β-unsaturated/α-hetero) is 1. The molecule has 1 N–H and O–H groups in total. The average molecular weight is 416 g/mol. The van der Waals surface area contributed by atoms with Crippen LogP contribution < -0.4 is 14.4 Å². The Morgan fingerprint density at radius 1 is 0.935 bits per heavy atom. The second-order valence-corrected chi connectivity index (χ2v) is 6.88. The Kier molecular flexibility index (Phi) is 5.41. The van der Waals surface area contributed by atoms with Crippen LogP contribution in [0.2, 0.25) is 0 Å². The molecule has 1 aromatic heterocycles. The van der Waals surface area contributed by atoms with E-state index in [2.05, 4.69) is 4.98 Å². The van der Waals surface area contributed by atoms with Gasteiger partial charge in [-0.2, -0.15) is 0 Å². The molecule has 0 saturated carbocycles. The number of amides is 1. The monoisotopic (exact) mass is 416 g/mol. The van der Waals surface area contributed by atoms with Gasteiger partial charge in [-0.15, -0.1) is 0 Å². The fourth-order valence-electron chi connectivity index (χ4n) is 3.65. The Bertz CT molecular complexity index is 1170. The summed E-state index contributed by atoms with van der Waals surface area (Å²) in [6, 6.07) is 16.2. The number of methoxy groups -OCH3 is 2. The van der Waals surface area contributed by atoms with E-state index in [1.54, 1.807) is 73.1 Å². The van der Waals surface area contributed by atoms with E-state index in [1.807, 2.05) is 0 Å². The predicted molar refractivity (Wildman–Crippen MR) is 115 cm³/mol. The molecule has 4 rings (SSSR count). The number of pyridine rings is 1. The summed E-state index contributed by atoms with van der Waals surface area (Å²) in [6.45, 7) is 0. The topological polar surface area (TPSA) is 89.0 Å². The maximum atomic E-state index is 13.1. The normalized spacial score (nSPS) is 17.6. The highest BCUT2D eigenvalue weighted by molar-refractivity contribution is 6.51. The Morgan fingerprint density at radius 3 is 2.26 bits per heavy atom. The summed E-state index contributed by atoms with van der Waals surface area (Å²) in [5.74, 6) is -0.721. The molecule has 3 aromatic rings. The molecule has 1 aliphatic rings. The number of hydrogen-bond donors (Lipinski definition) is 1. The van der Waals surface area contributed by atoms with Gasteiger partial charge >= 0.3 is 0 Å². The standard InChI is InChI=1S/C24H20N2O5/c1-30-18-7-3-5-16(13-18)22(27)20-21(15-9-11-25-12-10-15)26(24(29)23(20)28)17-6-4-8-19(14-17)31-2/h3-14,21,27H,1-2H3/b22-20+. The second-order valence-electron chi connectivity index (χ2n) is 6.88. The fourth-order valence-corrected chi connectivity index (χ4v) is 3.65. The summed E-state index contributed by atoms with van der Waals surface area (Å²) in [7, 11) is 3.04. The molecule has 1 fully saturated rings. The minimum atomic E-state index is -0.832. The Labute approximate surface area is 179 Å². The number of aromatic nitrogens is 1. The number of aliphatic hydroxyl groups is 1. The first-order valence-corrected chi connectivity index (χ1v) is 9.54. The van der Waals surface area contributed by atoms with Gasteiger partial charge in [-0.1, -0.05) is 18.2 Å². The minimum Gasteiger partial charge on any atom is -0.507 e. The molecule has 1 atom stereocenters. The van der Waals surface area contributed by atoms with Gasteiger partial charge in [-0.05, 0) is 42.0 Å². The van der Waals surface area contributed by atoms with Crippen LogP contribution >= 0.6 is 0 Å². The van der Waals surface area contributed by atoms with Crippen molar-refractivity contribution in [2.45, 2.75) is 6.04 Å². The molecule has 2 heterocycles. The fraction of sp³-hybridized carbons (Fsp3) is 0.125. The molecule has 7 nitrogen and oxygen atoms in total. The molecule has 1 saturated heterocycles. The van der Waals surface area contributed by atoms with Crippen molar-refractivity contribution < 1.29 is 24.2 Å². The number of rotatable bonds is 5. The van der Waals surface area contributed by atoms with Crippen LogP contribution in [0.5, 0.6) is 11.5 Å². The Hall–Kier alpha value is -4.13. The summed E-state index contributed by atoms with van der Waals surface area (Å²) in [5.41, 5.74) is 1.49. The molecular weight excluding hydrogens is 396 g/mol. The SMILES string of the molecule is COc1cccc(/C(O)=C2\C(=O)C(=O)N(c3cccc(OC)c3)C2c2ccncc2)c1. The van der Waals surface area contributed by atoms with Crippen molar-refractivity contribution >= 4 is 23.1 Å². The van der Waals surface area contributed by atoms with Crippen LogP contribution in [0.4, 0.5) is 5.69 Å². The van der Waals surface area contributed by atoms with Gasteiger partial charge in [0.25, 0.3) is 11.7 Å². The third-order valence-corrected chi connectivity index (χ3v) is 5.14. The summed E-state index contributed by atoms with van der Waals surface area (Å²) >= 11 is 0. The number of carbonyl (C=O) groups excluding carboxylic acids is 2. The van der Waals surface area contributed by atoms with Crippen LogP contribution in [-0.2, 0) is 9.59 Å². The van der Waals surface area contributed by atoms with E-state index in [1.165, 1.54) is 19.1 Å². The lowest BCUT2D eigenvalue weighted by atomic mass is 9.95. The van der Waals surface area contributed by atoms with Gasteiger partial charge < -0.3 is 14.6 Å². The molecule has 156 valence electrons. The van der Waals surface area contributed by atoms with Crippen molar-refractivity contribution in [1.82, 2.24) is 4.98 Å². The Balaban J connectivity index is 1.93. The van der Waals surface area contributed by atoms with Crippen LogP contribution in [-0.4, -0.2) is 36.0 Å². The number of ether oxygens (including phenoxy) is 2. The van der Waals surface area contributed by atoms with Crippen LogP contribution in [0, 0.1) is 0 Å². The molecule has 1 amide bonds. The maximum Gasteiger partial charge on any atom is 0.300 e. The van der Waals surface area contributed by atoms with Gasteiger partial charge in [0.2, 0.25) is 0 Å². The third-order valence-electron chi connectivity index (χ3n) is 5.14. The Morgan fingerprint density at radius 2 is 1.58 bits per heavy atom. The first kappa shape index (κ1) is 20.2. The van der Waals surface area contributed by atoms with Crippen LogP contribution in [0.1, 0.15) is 17.2 Å². The summed E-state index contributed by atoms with van der Waals surface area (Å²) in [5, 5.41) is 11.1. The molecule has 0 spiro atoms. The van der Waals surface area contributed by atoms with Crippen molar-refractivity contribution in [2.75, 3.05) is 19.1 Å². The smallest absolute Gasteiger partial charge is 0.300 e. The molecule has 0 radical (unpaired) electrons. The molecule has 0 bridgehead atoms. The third kappa shape index (κ3) is 3.61. The lowest BCUT2D eigenvalue weighted by Gasteiger charge is -2.25. The minimum absolute atomic E-state index is 0.00715. The number of benzene rings is 2. The molecule has 31 heavy (non-hydrogen) atoms. The van der Waals surface area contributed by atoms with Crippen molar-refractivity contribution in [3.63, 3.8) is 0 Å². The van der Waals surface area contributed by atoms with E-state index in [0.29, 0.717) is 28.3 Å². The van der Waals surface area contributed by atoms with E-state index < -0.39 is 17.7 Å². The molecule has 1 aliphatic heterocycles. The zero-order chi connectivity index (χ0) is 22.0. The highest BCUT2D eigenvalue weighted by Crippen LogP contribution is 2.42. The second kappa shape index (κ2) is 8.31. The lowest BCUT2D eigenvalue weighted by molar-refractivity contribution is -0.132. The number of carbonyl (C=O) groups is 2. The summed E-state index contributed by atoms with van der Waals surface area (Å²) in [4.78, 5) is 31.6. The summed E-state index contributed by atoms with van der Waals surface area (Å²) < 4.78 is 10.5. The van der Waals surface area contributed by atoms with E-state index in [-0.39, 0.29) is 11.3 Å².